The number of hydrogen-bond donors (Lipinski definition) is 1. The van der Waals surface area contributed by atoms with E-state index in [-0.39, 0.29) is 12.5 Å². The first-order valence-electron chi connectivity index (χ1n) is 5.26. The molecule has 1 amide bonds. The number of rotatable bonds is 4. The molecule has 90 valence electrons. The molecule has 0 aliphatic heterocycles. The summed E-state index contributed by atoms with van der Waals surface area (Å²) in [4.78, 5) is 13.2. The van der Waals surface area contributed by atoms with Crippen molar-refractivity contribution in [1.82, 2.24) is 4.90 Å². The van der Waals surface area contributed by atoms with Gasteiger partial charge in [0.1, 0.15) is 0 Å². The molecule has 0 atom stereocenters. The maximum absolute atomic E-state index is 11.6. The maximum atomic E-state index is 11.6. The van der Waals surface area contributed by atoms with E-state index in [1.165, 1.54) is 0 Å². The number of amides is 1. The van der Waals surface area contributed by atoms with Gasteiger partial charge in [0.2, 0.25) is 5.91 Å². The quantitative estimate of drug-likeness (QED) is 0.892. The standard InChI is InChI=1S/C12H14ClN3O/c1-3-16(2)12(17)8-15-11-6-9(7-14)4-5-10(11)13/h4-6,15H,3,8H2,1-2H3. The molecule has 0 radical (unpaired) electrons. The van der Waals surface area contributed by atoms with Crippen LogP contribution in [0.1, 0.15) is 12.5 Å². The minimum absolute atomic E-state index is 0.0223. The Labute approximate surface area is 106 Å². The molecule has 17 heavy (non-hydrogen) atoms. The Morgan fingerprint density at radius 1 is 1.59 bits per heavy atom. The largest absolute Gasteiger partial charge is 0.375 e. The summed E-state index contributed by atoms with van der Waals surface area (Å²) in [6.45, 7) is 2.73. The highest BCUT2D eigenvalue weighted by atomic mass is 35.5. The molecular formula is C12H14ClN3O. The summed E-state index contributed by atoms with van der Waals surface area (Å²) in [5.74, 6) is -0.0223. The van der Waals surface area contributed by atoms with Gasteiger partial charge in [0.05, 0.1) is 28.9 Å². The van der Waals surface area contributed by atoms with Gasteiger partial charge in [-0.25, -0.2) is 0 Å². The van der Waals surface area contributed by atoms with Gasteiger partial charge >= 0.3 is 0 Å². The zero-order valence-electron chi connectivity index (χ0n) is 9.83. The van der Waals surface area contributed by atoms with Crippen LogP contribution in [0, 0.1) is 11.3 Å². The van der Waals surface area contributed by atoms with Crippen LogP contribution in [0.5, 0.6) is 0 Å². The lowest BCUT2D eigenvalue weighted by molar-refractivity contribution is -0.127. The number of likely N-dealkylation sites (N-methyl/N-ethyl adjacent to an activating group) is 1. The van der Waals surface area contributed by atoms with Crippen molar-refractivity contribution in [3.63, 3.8) is 0 Å². The van der Waals surface area contributed by atoms with E-state index in [1.54, 1.807) is 30.1 Å². The molecule has 0 unspecified atom stereocenters. The molecule has 0 fully saturated rings. The van der Waals surface area contributed by atoms with Gasteiger partial charge in [0.25, 0.3) is 0 Å². The van der Waals surface area contributed by atoms with Gasteiger partial charge in [-0.3, -0.25) is 4.79 Å². The van der Waals surface area contributed by atoms with Crippen molar-refractivity contribution in [2.24, 2.45) is 0 Å². The Balaban J connectivity index is 2.69. The molecule has 0 saturated carbocycles. The number of nitrogens with one attached hydrogen (secondary N) is 1. The number of halogens is 1. The lowest BCUT2D eigenvalue weighted by Gasteiger charge is -2.15. The number of anilines is 1. The highest BCUT2D eigenvalue weighted by molar-refractivity contribution is 6.33. The first-order chi connectivity index (χ1) is 8.08. The van der Waals surface area contributed by atoms with E-state index in [9.17, 15) is 4.79 Å². The van der Waals surface area contributed by atoms with Crippen LogP contribution < -0.4 is 5.32 Å². The van der Waals surface area contributed by atoms with E-state index in [1.807, 2.05) is 13.0 Å². The topological polar surface area (TPSA) is 56.1 Å². The van der Waals surface area contributed by atoms with Gasteiger partial charge < -0.3 is 10.2 Å². The molecule has 1 rings (SSSR count). The smallest absolute Gasteiger partial charge is 0.241 e. The number of carbonyl (C=O) groups is 1. The SMILES string of the molecule is CCN(C)C(=O)CNc1cc(C#N)ccc1Cl. The minimum atomic E-state index is -0.0223. The van der Waals surface area contributed by atoms with E-state index in [2.05, 4.69) is 5.32 Å². The van der Waals surface area contributed by atoms with E-state index in [0.717, 1.165) is 0 Å². The van der Waals surface area contributed by atoms with Crippen LogP contribution in [-0.4, -0.2) is 30.9 Å². The van der Waals surface area contributed by atoms with Crippen molar-refractivity contribution in [3.05, 3.63) is 28.8 Å². The van der Waals surface area contributed by atoms with Gasteiger partial charge in [-0.1, -0.05) is 11.6 Å². The van der Waals surface area contributed by atoms with Gasteiger partial charge in [-0.05, 0) is 25.1 Å². The van der Waals surface area contributed by atoms with E-state index in [0.29, 0.717) is 22.8 Å². The first-order valence-corrected chi connectivity index (χ1v) is 5.63. The molecular weight excluding hydrogens is 238 g/mol. The predicted molar refractivity (Wildman–Crippen MR) is 68.0 cm³/mol. The van der Waals surface area contributed by atoms with Crippen LogP contribution in [-0.2, 0) is 4.79 Å². The summed E-state index contributed by atoms with van der Waals surface area (Å²) in [6, 6.07) is 6.92. The Kier molecular flexibility index (Phi) is 4.80. The molecule has 0 bridgehead atoms. The first kappa shape index (κ1) is 13.3. The summed E-state index contributed by atoms with van der Waals surface area (Å²) >= 11 is 5.95. The second-order valence-electron chi connectivity index (χ2n) is 3.57. The molecule has 1 N–H and O–H groups in total. The zero-order chi connectivity index (χ0) is 12.8. The second kappa shape index (κ2) is 6.12. The molecule has 1 aromatic rings. The fraction of sp³-hybridized carbons (Fsp3) is 0.333. The molecule has 0 aromatic heterocycles. The van der Waals surface area contributed by atoms with Crippen LogP contribution in [0.15, 0.2) is 18.2 Å². The third-order valence-electron chi connectivity index (χ3n) is 2.43. The van der Waals surface area contributed by atoms with Crippen molar-refractivity contribution in [2.45, 2.75) is 6.92 Å². The highest BCUT2D eigenvalue weighted by Crippen LogP contribution is 2.22. The van der Waals surface area contributed by atoms with Gasteiger partial charge in [-0.15, -0.1) is 0 Å². The van der Waals surface area contributed by atoms with Crippen molar-refractivity contribution in [3.8, 4) is 6.07 Å². The van der Waals surface area contributed by atoms with E-state index in [4.69, 9.17) is 16.9 Å². The Morgan fingerprint density at radius 3 is 2.88 bits per heavy atom. The average Bonchev–Trinajstić information content (AvgIpc) is 2.36. The molecule has 0 spiro atoms. The van der Waals surface area contributed by atoms with Crippen molar-refractivity contribution >= 4 is 23.2 Å². The van der Waals surface area contributed by atoms with Gasteiger partial charge in [0, 0.05) is 13.6 Å². The average molecular weight is 252 g/mol. The molecule has 1 aromatic carbocycles. The molecule has 0 saturated heterocycles. The predicted octanol–water partition coefficient (Wildman–Crippen LogP) is 2.10. The van der Waals surface area contributed by atoms with Crippen molar-refractivity contribution < 1.29 is 4.79 Å². The normalized spacial score (nSPS) is 9.53. The lowest BCUT2D eigenvalue weighted by atomic mass is 10.2. The molecule has 4 nitrogen and oxygen atoms in total. The summed E-state index contributed by atoms with van der Waals surface area (Å²) in [5.41, 5.74) is 1.11. The number of nitriles is 1. The number of hydrogen-bond acceptors (Lipinski definition) is 3. The third-order valence-corrected chi connectivity index (χ3v) is 2.76. The summed E-state index contributed by atoms with van der Waals surface area (Å²) in [7, 11) is 1.73. The number of benzene rings is 1. The third kappa shape index (κ3) is 3.65. The van der Waals surface area contributed by atoms with Gasteiger partial charge in [0.15, 0.2) is 0 Å². The maximum Gasteiger partial charge on any atom is 0.241 e. The fourth-order valence-electron chi connectivity index (χ4n) is 1.21. The van der Waals surface area contributed by atoms with Crippen molar-refractivity contribution in [1.29, 1.82) is 5.26 Å². The summed E-state index contributed by atoms with van der Waals surface area (Å²) < 4.78 is 0. The Morgan fingerprint density at radius 2 is 2.29 bits per heavy atom. The molecule has 5 heteroatoms. The summed E-state index contributed by atoms with van der Waals surface area (Å²) in [5, 5.41) is 12.2. The van der Waals surface area contributed by atoms with Crippen LogP contribution >= 0.6 is 11.6 Å². The van der Waals surface area contributed by atoms with E-state index < -0.39 is 0 Å². The molecule has 0 aliphatic rings. The van der Waals surface area contributed by atoms with E-state index >= 15 is 0 Å². The lowest BCUT2D eigenvalue weighted by Crippen LogP contribution is -2.31. The van der Waals surface area contributed by atoms with Crippen LogP contribution in [0.3, 0.4) is 0 Å². The van der Waals surface area contributed by atoms with Crippen LogP contribution in [0.4, 0.5) is 5.69 Å². The molecule has 0 heterocycles. The van der Waals surface area contributed by atoms with Crippen LogP contribution in [0.25, 0.3) is 0 Å². The molecule has 0 aliphatic carbocycles. The Bertz CT molecular complexity index is 454. The second-order valence-corrected chi connectivity index (χ2v) is 3.98. The van der Waals surface area contributed by atoms with Crippen molar-refractivity contribution in [2.75, 3.05) is 25.5 Å². The zero-order valence-corrected chi connectivity index (χ0v) is 10.6. The van der Waals surface area contributed by atoms with Gasteiger partial charge in [-0.2, -0.15) is 5.26 Å². The number of carbonyl (C=O) groups excluding carboxylic acids is 1. The monoisotopic (exact) mass is 251 g/mol. The summed E-state index contributed by atoms with van der Waals surface area (Å²) in [6.07, 6.45) is 0. The fourth-order valence-corrected chi connectivity index (χ4v) is 1.40. The van der Waals surface area contributed by atoms with Crippen LogP contribution in [0.2, 0.25) is 5.02 Å². The highest BCUT2D eigenvalue weighted by Gasteiger charge is 2.07. The minimum Gasteiger partial charge on any atom is -0.375 e. The Hall–Kier alpha value is -1.73. The number of nitrogens with zero attached hydrogens (tertiary/aromatic N) is 2.